The molecule has 0 amide bonds. The molecule has 1 aliphatic rings. The fourth-order valence-electron chi connectivity index (χ4n) is 1.50. The van der Waals surface area contributed by atoms with Gasteiger partial charge in [-0.2, -0.15) is 0 Å². The van der Waals surface area contributed by atoms with Crippen molar-refractivity contribution in [2.45, 2.75) is 12.8 Å². The van der Waals surface area contributed by atoms with Crippen molar-refractivity contribution in [3.8, 4) is 0 Å². The minimum absolute atomic E-state index is 0.115. The third-order valence-electron chi connectivity index (χ3n) is 2.91. The average Bonchev–Trinajstić information content (AvgIpc) is 3.10. The Morgan fingerprint density at radius 3 is 2.39 bits per heavy atom. The maximum absolute atomic E-state index is 12.8. The number of sulfonamides is 1. The first kappa shape index (κ1) is 14.8. The van der Waals surface area contributed by atoms with Gasteiger partial charge in [0.05, 0.1) is 17.6 Å². The monoisotopic (exact) mass is 274 g/mol. The smallest absolute Gasteiger partial charge is 0.232 e. The van der Waals surface area contributed by atoms with Gasteiger partial charge in [-0.1, -0.05) is 6.58 Å². The van der Waals surface area contributed by atoms with Gasteiger partial charge in [0, 0.05) is 14.1 Å². The average molecular weight is 274 g/mol. The summed E-state index contributed by atoms with van der Waals surface area (Å²) < 4.78 is 37.0. The van der Waals surface area contributed by atoms with Crippen molar-refractivity contribution >= 4 is 10.0 Å². The molecule has 0 heterocycles. The van der Waals surface area contributed by atoms with E-state index in [1.807, 2.05) is 0 Å². The summed E-state index contributed by atoms with van der Waals surface area (Å²) in [5, 5.41) is 2.64. The molecule has 6 heteroatoms. The Morgan fingerprint density at radius 1 is 1.50 bits per heavy atom. The Labute approximate surface area is 108 Å². The van der Waals surface area contributed by atoms with Gasteiger partial charge in [-0.05, 0) is 30.4 Å². The predicted molar refractivity (Wildman–Crippen MR) is 70.8 cm³/mol. The third-order valence-corrected chi connectivity index (χ3v) is 4.11. The van der Waals surface area contributed by atoms with E-state index in [1.54, 1.807) is 6.08 Å². The van der Waals surface area contributed by atoms with Crippen molar-refractivity contribution in [1.29, 1.82) is 0 Å². The SMILES string of the molecule is C=C(/C=C(\C(=C/F)NC)N(C)S(C)(=O)=O)C1CC1. The Hall–Kier alpha value is -1.30. The van der Waals surface area contributed by atoms with E-state index in [0.29, 0.717) is 12.2 Å². The Morgan fingerprint density at radius 2 is 2.06 bits per heavy atom. The molecule has 0 aliphatic heterocycles. The van der Waals surface area contributed by atoms with Gasteiger partial charge in [0.2, 0.25) is 10.0 Å². The lowest BCUT2D eigenvalue weighted by molar-refractivity contribution is 0.527. The highest BCUT2D eigenvalue weighted by molar-refractivity contribution is 7.88. The van der Waals surface area contributed by atoms with Crippen LogP contribution in [0.15, 0.2) is 36.0 Å². The molecule has 1 N–H and O–H groups in total. The quantitative estimate of drug-likeness (QED) is 0.751. The molecule has 0 unspecified atom stereocenters. The zero-order valence-electron chi connectivity index (χ0n) is 10.9. The largest absolute Gasteiger partial charge is 0.385 e. The minimum atomic E-state index is -3.44. The third kappa shape index (κ3) is 3.60. The van der Waals surface area contributed by atoms with E-state index in [9.17, 15) is 12.8 Å². The van der Waals surface area contributed by atoms with Crippen LogP contribution in [0.4, 0.5) is 4.39 Å². The summed E-state index contributed by atoms with van der Waals surface area (Å²) in [4.78, 5) is 0. The van der Waals surface area contributed by atoms with Gasteiger partial charge in [-0.3, -0.25) is 4.31 Å². The second-order valence-electron chi connectivity index (χ2n) is 4.38. The van der Waals surface area contributed by atoms with Crippen LogP contribution in [0.5, 0.6) is 0 Å². The first-order valence-corrected chi connectivity index (χ1v) is 7.49. The van der Waals surface area contributed by atoms with Crippen LogP contribution in [0.1, 0.15) is 12.8 Å². The molecule has 0 atom stereocenters. The first-order chi connectivity index (χ1) is 8.31. The maximum atomic E-state index is 12.8. The number of nitrogens with zero attached hydrogens (tertiary/aromatic N) is 1. The normalized spacial score (nSPS) is 17.6. The molecule has 18 heavy (non-hydrogen) atoms. The molecule has 1 fully saturated rings. The summed E-state index contributed by atoms with van der Waals surface area (Å²) in [6.07, 6.45) is 5.17. The Kier molecular flexibility index (Phi) is 4.56. The number of nitrogens with one attached hydrogen (secondary N) is 1. The molecular formula is C12H19FN2O2S. The van der Waals surface area contributed by atoms with Crippen LogP contribution in [0, 0.1) is 5.92 Å². The van der Waals surface area contributed by atoms with Gasteiger partial charge in [0.15, 0.2) is 0 Å². The fourth-order valence-corrected chi connectivity index (χ4v) is 2.01. The van der Waals surface area contributed by atoms with Crippen LogP contribution in [0.3, 0.4) is 0 Å². The highest BCUT2D eigenvalue weighted by Gasteiger charge is 2.25. The molecule has 0 aromatic heterocycles. The van der Waals surface area contributed by atoms with E-state index in [1.165, 1.54) is 14.1 Å². The molecule has 1 aliphatic carbocycles. The topological polar surface area (TPSA) is 49.4 Å². The van der Waals surface area contributed by atoms with Crippen LogP contribution < -0.4 is 5.32 Å². The molecule has 1 saturated carbocycles. The molecule has 1 rings (SSSR count). The molecule has 0 radical (unpaired) electrons. The van der Waals surface area contributed by atoms with E-state index in [2.05, 4.69) is 11.9 Å². The van der Waals surface area contributed by atoms with Crippen LogP contribution >= 0.6 is 0 Å². The van der Waals surface area contributed by atoms with Gasteiger partial charge < -0.3 is 5.32 Å². The van der Waals surface area contributed by atoms with Crippen molar-refractivity contribution < 1.29 is 12.8 Å². The highest BCUT2D eigenvalue weighted by atomic mass is 32.2. The second kappa shape index (κ2) is 5.56. The minimum Gasteiger partial charge on any atom is -0.385 e. The molecule has 0 spiro atoms. The van der Waals surface area contributed by atoms with Crippen LogP contribution in [0.2, 0.25) is 0 Å². The van der Waals surface area contributed by atoms with Crippen LogP contribution in [-0.2, 0) is 10.0 Å². The van der Waals surface area contributed by atoms with Gasteiger partial charge in [-0.25, -0.2) is 12.8 Å². The zero-order chi connectivity index (χ0) is 13.9. The molecule has 0 aromatic carbocycles. The number of likely N-dealkylation sites (N-methyl/N-ethyl adjacent to an activating group) is 2. The molecule has 0 saturated heterocycles. The van der Waals surface area contributed by atoms with Crippen molar-refractivity contribution in [2.75, 3.05) is 20.4 Å². The van der Waals surface area contributed by atoms with Gasteiger partial charge in [0.25, 0.3) is 0 Å². The summed E-state index contributed by atoms with van der Waals surface area (Å²) in [6.45, 7) is 3.90. The van der Waals surface area contributed by atoms with E-state index in [-0.39, 0.29) is 11.4 Å². The second-order valence-corrected chi connectivity index (χ2v) is 6.40. The number of halogens is 1. The van der Waals surface area contributed by atoms with E-state index < -0.39 is 10.0 Å². The summed E-state index contributed by atoms with van der Waals surface area (Å²) in [6, 6.07) is 0. The van der Waals surface area contributed by atoms with Crippen LogP contribution in [0.25, 0.3) is 0 Å². The van der Waals surface area contributed by atoms with E-state index >= 15 is 0 Å². The number of rotatable bonds is 6. The summed E-state index contributed by atoms with van der Waals surface area (Å²) >= 11 is 0. The fraction of sp³-hybridized carbons (Fsp3) is 0.500. The molecule has 102 valence electrons. The summed E-state index contributed by atoms with van der Waals surface area (Å²) in [7, 11) is -0.514. The molecule has 4 nitrogen and oxygen atoms in total. The number of allylic oxidation sites excluding steroid dienone is 2. The number of hydrogen-bond donors (Lipinski definition) is 1. The first-order valence-electron chi connectivity index (χ1n) is 5.64. The maximum Gasteiger partial charge on any atom is 0.232 e. The lowest BCUT2D eigenvalue weighted by atomic mass is 10.1. The van der Waals surface area contributed by atoms with Gasteiger partial charge in [0.1, 0.15) is 6.33 Å². The van der Waals surface area contributed by atoms with Gasteiger partial charge >= 0.3 is 0 Å². The molecule has 0 aromatic rings. The predicted octanol–water partition coefficient (Wildman–Crippen LogP) is 1.76. The van der Waals surface area contributed by atoms with Crippen LogP contribution in [-0.4, -0.2) is 33.1 Å². The van der Waals surface area contributed by atoms with Gasteiger partial charge in [-0.15, -0.1) is 0 Å². The van der Waals surface area contributed by atoms with Crippen molar-refractivity contribution in [1.82, 2.24) is 9.62 Å². The summed E-state index contributed by atoms with van der Waals surface area (Å²) in [5.74, 6) is 0.394. The number of hydrogen-bond acceptors (Lipinski definition) is 3. The van der Waals surface area contributed by atoms with E-state index in [0.717, 1.165) is 29.0 Å². The van der Waals surface area contributed by atoms with E-state index in [4.69, 9.17) is 0 Å². The lowest BCUT2D eigenvalue weighted by Crippen LogP contribution is -2.29. The Balaban J connectivity index is 3.13. The van der Waals surface area contributed by atoms with Crippen molar-refractivity contribution in [2.24, 2.45) is 5.92 Å². The lowest BCUT2D eigenvalue weighted by Gasteiger charge is -2.22. The summed E-state index contributed by atoms with van der Waals surface area (Å²) in [5.41, 5.74) is 1.21. The zero-order valence-corrected chi connectivity index (χ0v) is 11.7. The van der Waals surface area contributed by atoms with Crippen molar-refractivity contribution in [3.63, 3.8) is 0 Å². The van der Waals surface area contributed by atoms with Crippen molar-refractivity contribution in [3.05, 3.63) is 36.0 Å². The highest BCUT2D eigenvalue weighted by Crippen LogP contribution is 2.37. The standard InChI is InChI=1S/C12H19FN2O2S/c1-9(10-5-6-10)7-12(11(8-13)14-2)15(3)18(4,16)17/h7-8,10,14H,1,5-6H2,2-4H3/b11-8+,12-7+. The molecule has 0 bridgehead atoms. The molecular weight excluding hydrogens is 255 g/mol. The Bertz CT molecular complexity index is 490.